The van der Waals surface area contributed by atoms with Gasteiger partial charge in [-0.3, -0.25) is 4.79 Å². The van der Waals surface area contributed by atoms with Gasteiger partial charge in [-0.15, -0.1) is 11.3 Å². The second kappa shape index (κ2) is 7.45. The van der Waals surface area contributed by atoms with Crippen LogP contribution < -0.4 is 5.73 Å². The topological polar surface area (TPSA) is 59.2 Å². The van der Waals surface area contributed by atoms with Crippen molar-refractivity contribution >= 4 is 17.2 Å². The zero-order chi connectivity index (χ0) is 17.1. The molecule has 1 saturated heterocycles. The summed E-state index contributed by atoms with van der Waals surface area (Å²) in [6.07, 6.45) is 1.99. The molecule has 3 rings (SSSR count). The minimum Gasteiger partial charge on any atom is -0.337 e. The lowest BCUT2D eigenvalue weighted by molar-refractivity contribution is 0.0688. The van der Waals surface area contributed by atoms with E-state index in [2.05, 4.69) is 43.1 Å². The first kappa shape index (κ1) is 17.1. The number of piperidine rings is 1. The molecule has 1 aromatic heterocycles. The molecule has 1 fully saturated rings. The fraction of sp³-hybridized carbons (Fsp3) is 0.474. The SMILES string of the molecule is CC(C)c1ccc(-c2nc(C(=O)N3CCC(CN)CC3)cs2)cc1. The quantitative estimate of drug-likeness (QED) is 0.920. The maximum atomic E-state index is 12.6. The smallest absolute Gasteiger partial charge is 0.273 e. The monoisotopic (exact) mass is 343 g/mol. The second-order valence-corrected chi connectivity index (χ2v) is 7.64. The summed E-state index contributed by atoms with van der Waals surface area (Å²) in [4.78, 5) is 19.1. The van der Waals surface area contributed by atoms with Crippen LogP contribution in [0.5, 0.6) is 0 Å². The number of benzene rings is 1. The Bertz CT molecular complexity index is 685. The van der Waals surface area contributed by atoms with Gasteiger partial charge >= 0.3 is 0 Å². The Morgan fingerprint density at radius 2 is 1.96 bits per heavy atom. The van der Waals surface area contributed by atoms with Crippen molar-refractivity contribution in [3.8, 4) is 10.6 Å². The highest BCUT2D eigenvalue weighted by Gasteiger charge is 2.24. The lowest BCUT2D eigenvalue weighted by Crippen LogP contribution is -2.40. The summed E-state index contributed by atoms with van der Waals surface area (Å²) in [5, 5.41) is 2.79. The minimum absolute atomic E-state index is 0.0479. The van der Waals surface area contributed by atoms with Gasteiger partial charge in [-0.05, 0) is 36.8 Å². The first-order valence-corrected chi connectivity index (χ1v) is 9.51. The highest BCUT2D eigenvalue weighted by Crippen LogP contribution is 2.27. The molecule has 1 aliphatic heterocycles. The Hall–Kier alpha value is -1.72. The third-order valence-electron chi connectivity index (χ3n) is 4.78. The first-order valence-electron chi connectivity index (χ1n) is 8.63. The molecule has 0 spiro atoms. The number of hydrogen-bond donors (Lipinski definition) is 1. The van der Waals surface area contributed by atoms with E-state index in [-0.39, 0.29) is 5.91 Å². The largest absolute Gasteiger partial charge is 0.337 e. The summed E-state index contributed by atoms with van der Waals surface area (Å²) in [6, 6.07) is 8.46. The van der Waals surface area contributed by atoms with Crippen LogP contribution in [-0.4, -0.2) is 35.4 Å². The zero-order valence-electron chi connectivity index (χ0n) is 14.4. The fourth-order valence-electron chi connectivity index (χ4n) is 3.05. The van der Waals surface area contributed by atoms with E-state index < -0.39 is 0 Å². The van der Waals surface area contributed by atoms with Crippen LogP contribution in [0.25, 0.3) is 10.6 Å². The fourth-order valence-corrected chi connectivity index (χ4v) is 3.85. The molecule has 0 atom stereocenters. The van der Waals surface area contributed by atoms with Gasteiger partial charge in [0.25, 0.3) is 5.91 Å². The number of nitrogens with zero attached hydrogens (tertiary/aromatic N) is 2. The molecule has 1 aromatic carbocycles. The van der Waals surface area contributed by atoms with Gasteiger partial charge < -0.3 is 10.6 Å². The van der Waals surface area contributed by atoms with Crippen molar-refractivity contribution in [2.24, 2.45) is 11.7 Å². The van der Waals surface area contributed by atoms with Crippen molar-refractivity contribution < 1.29 is 4.79 Å². The summed E-state index contributed by atoms with van der Waals surface area (Å²) in [5.41, 5.74) is 8.67. The summed E-state index contributed by atoms with van der Waals surface area (Å²) < 4.78 is 0. The molecule has 4 nitrogen and oxygen atoms in total. The van der Waals surface area contributed by atoms with Crippen molar-refractivity contribution in [3.05, 3.63) is 40.9 Å². The predicted octanol–water partition coefficient (Wildman–Crippen LogP) is 3.74. The molecular weight excluding hydrogens is 318 g/mol. The van der Waals surface area contributed by atoms with Gasteiger partial charge in [0.1, 0.15) is 10.7 Å². The molecule has 0 bridgehead atoms. The van der Waals surface area contributed by atoms with Crippen LogP contribution >= 0.6 is 11.3 Å². The van der Waals surface area contributed by atoms with Crippen molar-refractivity contribution in [1.82, 2.24) is 9.88 Å². The van der Waals surface area contributed by atoms with Gasteiger partial charge in [0.15, 0.2) is 0 Å². The standard InChI is InChI=1S/C19H25N3OS/c1-13(2)15-3-5-16(6-4-15)18-21-17(12-24-18)19(23)22-9-7-14(11-20)8-10-22/h3-6,12-14H,7-11,20H2,1-2H3. The zero-order valence-corrected chi connectivity index (χ0v) is 15.2. The molecule has 2 N–H and O–H groups in total. The van der Waals surface area contributed by atoms with Crippen molar-refractivity contribution in [1.29, 1.82) is 0 Å². The molecule has 2 heterocycles. The number of aromatic nitrogens is 1. The van der Waals surface area contributed by atoms with Gasteiger partial charge in [0, 0.05) is 24.0 Å². The Morgan fingerprint density at radius 3 is 2.54 bits per heavy atom. The van der Waals surface area contributed by atoms with E-state index in [1.165, 1.54) is 16.9 Å². The number of nitrogens with two attached hydrogens (primary N) is 1. The average Bonchev–Trinajstić information content (AvgIpc) is 3.11. The maximum Gasteiger partial charge on any atom is 0.273 e. The summed E-state index contributed by atoms with van der Waals surface area (Å²) in [6.45, 7) is 6.66. The molecule has 0 radical (unpaired) electrons. The lowest BCUT2D eigenvalue weighted by Gasteiger charge is -2.30. The van der Waals surface area contributed by atoms with Crippen LogP contribution in [0.3, 0.4) is 0 Å². The van der Waals surface area contributed by atoms with Crippen LogP contribution in [0, 0.1) is 5.92 Å². The first-order chi connectivity index (χ1) is 11.6. The van der Waals surface area contributed by atoms with Gasteiger partial charge in [0.05, 0.1) is 0 Å². The molecule has 0 aliphatic carbocycles. The summed E-state index contributed by atoms with van der Waals surface area (Å²) >= 11 is 1.54. The van der Waals surface area contributed by atoms with Gasteiger partial charge in [-0.2, -0.15) is 0 Å². The molecule has 128 valence electrons. The van der Waals surface area contributed by atoms with Crippen LogP contribution in [-0.2, 0) is 0 Å². The number of carbonyl (C=O) groups excluding carboxylic acids is 1. The Morgan fingerprint density at radius 1 is 1.29 bits per heavy atom. The van der Waals surface area contributed by atoms with Crippen molar-refractivity contribution in [2.45, 2.75) is 32.6 Å². The molecule has 1 aliphatic rings. The van der Waals surface area contributed by atoms with E-state index in [1.807, 2.05) is 10.3 Å². The van der Waals surface area contributed by atoms with Gasteiger partial charge in [-0.1, -0.05) is 38.1 Å². The second-order valence-electron chi connectivity index (χ2n) is 6.79. The third kappa shape index (κ3) is 3.68. The molecule has 2 aromatic rings. The van der Waals surface area contributed by atoms with Gasteiger partial charge in [-0.25, -0.2) is 4.98 Å². The number of likely N-dealkylation sites (tertiary alicyclic amines) is 1. The van der Waals surface area contributed by atoms with E-state index in [1.54, 1.807) is 0 Å². The number of hydrogen-bond acceptors (Lipinski definition) is 4. The van der Waals surface area contributed by atoms with Crippen LogP contribution in [0.15, 0.2) is 29.6 Å². The van der Waals surface area contributed by atoms with Crippen LogP contribution in [0.4, 0.5) is 0 Å². The molecule has 0 unspecified atom stereocenters. The highest BCUT2D eigenvalue weighted by atomic mass is 32.1. The third-order valence-corrected chi connectivity index (χ3v) is 5.67. The van der Waals surface area contributed by atoms with Crippen LogP contribution in [0.1, 0.15) is 48.7 Å². The molecule has 1 amide bonds. The van der Waals surface area contributed by atoms with E-state index in [4.69, 9.17) is 5.73 Å². The van der Waals surface area contributed by atoms with E-state index >= 15 is 0 Å². The minimum atomic E-state index is 0.0479. The number of carbonyl (C=O) groups is 1. The van der Waals surface area contributed by atoms with Crippen molar-refractivity contribution in [2.75, 3.05) is 19.6 Å². The highest BCUT2D eigenvalue weighted by molar-refractivity contribution is 7.13. The molecule has 0 saturated carbocycles. The predicted molar refractivity (Wildman–Crippen MR) is 99.3 cm³/mol. The van der Waals surface area contributed by atoms with E-state index in [0.717, 1.165) is 43.0 Å². The van der Waals surface area contributed by atoms with Gasteiger partial charge in [0.2, 0.25) is 0 Å². The average molecular weight is 343 g/mol. The number of thiazole rings is 1. The number of amides is 1. The molecule has 5 heteroatoms. The van der Waals surface area contributed by atoms with Crippen LogP contribution in [0.2, 0.25) is 0 Å². The van der Waals surface area contributed by atoms with E-state index in [9.17, 15) is 4.79 Å². The van der Waals surface area contributed by atoms with E-state index in [0.29, 0.717) is 17.5 Å². The maximum absolute atomic E-state index is 12.6. The Balaban J connectivity index is 1.70. The Kier molecular flexibility index (Phi) is 5.31. The molecular formula is C19H25N3OS. The normalized spacial score (nSPS) is 15.9. The summed E-state index contributed by atoms with van der Waals surface area (Å²) in [5.74, 6) is 1.12. The molecule has 24 heavy (non-hydrogen) atoms. The summed E-state index contributed by atoms with van der Waals surface area (Å²) in [7, 11) is 0. The lowest BCUT2D eigenvalue weighted by atomic mass is 9.97. The van der Waals surface area contributed by atoms with Crippen molar-refractivity contribution in [3.63, 3.8) is 0 Å². The Labute approximate surface area is 147 Å². The number of rotatable bonds is 4.